The van der Waals surface area contributed by atoms with E-state index in [1.165, 1.54) is 0 Å². The zero-order valence-electron chi connectivity index (χ0n) is 12.3. The predicted octanol–water partition coefficient (Wildman–Crippen LogP) is 0.254. The maximum atomic E-state index is 11.9. The molecule has 1 saturated heterocycles. The quantitative estimate of drug-likeness (QED) is 0.740. The molecule has 1 aliphatic rings. The van der Waals surface area contributed by atoms with Crippen LogP contribution in [-0.2, 0) is 11.2 Å². The van der Waals surface area contributed by atoms with E-state index >= 15 is 0 Å². The minimum Gasteiger partial charge on any atom is -0.392 e. The minimum atomic E-state index is -0.411. The largest absolute Gasteiger partial charge is 0.392 e. The van der Waals surface area contributed by atoms with E-state index in [1.54, 1.807) is 6.20 Å². The van der Waals surface area contributed by atoms with Crippen molar-refractivity contribution in [2.75, 3.05) is 13.1 Å². The van der Waals surface area contributed by atoms with Gasteiger partial charge >= 0.3 is 0 Å². The summed E-state index contributed by atoms with van der Waals surface area (Å²) in [6.45, 7) is 1.08. The first kappa shape index (κ1) is 14.7. The van der Waals surface area contributed by atoms with Crippen LogP contribution in [0.4, 0.5) is 0 Å². The van der Waals surface area contributed by atoms with E-state index in [0.29, 0.717) is 19.5 Å². The van der Waals surface area contributed by atoms with Gasteiger partial charge in [0.05, 0.1) is 17.8 Å². The molecule has 0 radical (unpaired) electrons. The number of aromatic nitrogens is 2. The molecule has 0 bridgehead atoms. The molecule has 1 aromatic heterocycles. The lowest BCUT2D eigenvalue weighted by Gasteiger charge is -2.11. The van der Waals surface area contributed by atoms with Gasteiger partial charge in [0.1, 0.15) is 0 Å². The van der Waals surface area contributed by atoms with Crippen molar-refractivity contribution >= 4 is 5.91 Å². The maximum Gasteiger partial charge on any atom is 0.237 e. The Bertz CT molecular complexity index is 610. The van der Waals surface area contributed by atoms with E-state index in [-0.39, 0.29) is 11.9 Å². The second-order valence-corrected chi connectivity index (χ2v) is 5.51. The molecular weight excluding hydrogens is 280 g/mol. The summed E-state index contributed by atoms with van der Waals surface area (Å²) in [6.07, 6.45) is 4.51. The lowest BCUT2D eigenvalue weighted by molar-refractivity contribution is -0.122. The van der Waals surface area contributed by atoms with Crippen LogP contribution < -0.4 is 10.6 Å². The molecule has 0 aliphatic carbocycles. The Hall–Kier alpha value is -2.18. The molecule has 6 heteroatoms. The van der Waals surface area contributed by atoms with Gasteiger partial charge in [0.2, 0.25) is 5.91 Å². The van der Waals surface area contributed by atoms with Crippen LogP contribution >= 0.6 is 0 Å². The molecule has 1 amide bonds. The number of benzene rings is 1. The Kier molecular flexibility index (Phi) is 4.50. The highest BCUT2D eigenvalue weighted by Gasteiger charge is 2.27. The molecule has 0 saturated carbocycles. The first-order valence-corrected chi connectivity index (χ1v) is 7.50. The number of hydrogen-bond acceptors (Lipinski definition) is 4. The van der Waals surface area contributed by atoms with Crippen LogP contribution in [0.25, 0.3) is 5.69 Å². The second-order valence-electron chi connectivity index (χ2n) is 5.51. The molecule has 2 heterocycles. The minimum absolute atomic E-state index is 0.0373. The Labute approximate surface area is 129 Å². The van der Waals surface area contributed by atoms with Crippen molar-refractivity contribution in [2.24, 2.45) is 0 Å². The molecule has 2 atom stereocenters. The molecule has 1 aliphatic heterocycles. The summed E-state index contributed by atoms with van der Waals surface area (Å²) in [6, 6.07) is 9.73. The highest BCUT2D eigenvalue weighted by atomic mass is 16.3. The van der Waals surface area contributed by atoms with E-state index in [9.17, 15) is 9.90 Å². The number of aliphatic hydroxyl groups is 1. The molecule has 0 unspecified atom stereocenters. The Morgan fingerprint density at radius 3 is 2.86 bits per heavy atom. The van der Waals surface area contributed by atoms with E-state index in [1.807, 2.05) is 41.2 Å². The zero-order valence-corrected chi connectivity index (χ0v) is 12.3. The third-order valence-electron chi connectivity index (χ3n) is 3.84. The zero-order chi connectivity index (χ0) is 15.4. The van der Waals surface area contributed by atoms with Crippen LogP contribution in [0.2, 0.25) is 0 Å². The number of hydrogen-bond donors (Lipinski definition) is 3. The summed E-state index contributed by atoms with van der Waals surface area (Å²) >= 11 is 0. The molecule has 116 valence electrons. The monoisotopic (exact) mass is 300 g/mol. The van der Waals surface area contributed by atoms with Crippen LogP contribution in [0.1, 0.15) is 12.0 Å². The number of nitrogens with zero attached hydrogens (tertiary/aromatic N) is 2. The third kappa shape index (κ3) is 3.52. The highest BCUT2D eigenvalue weighted by molar-refractivity contribution is 5.82. The van der Waals surface area contributed by atoms with Gasteiger partial charge in [-0.3, -0.25) is 4.79 Å². The van der Waals surface area contributed by atoms with E-state index in [0.717, 1.165) is 17.7 Å². The molecule has 3 N–H and O–H groups in total. The summed E-state index contributed by atoms with van der Waals surface area (Å²) in [5.41, 5.74) is 2.18. The Morgan fingerprint density at radius 1 is 1.41 bits per heavy atom. The summed E-state index contributed by atoms with van der Waals surface area (Å²) in [5, 5.41) is 19.5. The Morgan fingerprint density at radius 2 is 2.23 bits per heavy atom. The maximum absolute atomic E-state index is 11.9. The van der Waals surface area contributed by atoms with Gasteiger partial charge in [-0.2, -0.15) is 5.10 Å². The number of amides is 1. The van der Waals surface area contributed by atoms with Gasteiger partial charge in [-0.15, -0.1) is 0 Å². The second kappa shape index (κ2) is 6.72. The average Bonchev–Trinajstić information content (AvgIpc) is 3.19. The van der Waals surface area contributed by atoms with E-state index in [4.69, 9.17) is 0 Å². The number of β-amino-alcohol motifs (C(OH)–C–C–N with tert-alkyl or cyclic N) is 1. The van der Waals surface area contributed by atoms with Crippen molar-refractivity contribution in [3.05, 3.63) is 48.3 Å². The van der Waals surface area contributed by atoms with Gasteiger partial charge in [-0.25, -0.2) is 4.68 Å². The van der Waals surface area contributed by atoms with Gasteiger partial charge in [0.15, 0.2) is 0 Å². The van der Waals surface area contributed by atoms with Crippen molar-refractivity contribution in [1.29, 1.82) is 0 Å². The molecule has 6 nitrogen and oxygen atoms in total. The topological polar surface area (TPSA) is 79.2 Å². The number of nitrogens with one attached hydrogen (secondary N) is 2. The first-order chi connectivity index (χ1) is 10.7. The van der Waals surface area contributed by atoms with Gasteiger partial charge < -0.3 is 15.7 Å². The van der Waals surface area contributed by atoms with E-state index < -0.39 is 6.10 Å². The standard InChI is InChI=1S/C16H20N4O2/c21-14-10-15(18-11-14)16(22)17-8-6-12-2-4-13(5-3-12)20-9-1-7-19-20/h1-5,7,9,14-15,18,21H,6,8,10-11H2,(H,17,22)/t14-,15-/m0/s1. The summed E-state index contributed by atoms with van der Waals surface area (Å²) in [5.74, 6) is -0.0373. The van der Waals surface area contributed by atoms with Gasteiger partial charge in [-0.1, -0.05) is 12.1 Å². The molecular formula is C16H20N4O2. The summed E-state index contributed by atoms with van der Waals surface area (Å²) < 4.78 is 1.81. The summed E-state index contributed by atoms with van der Waals surface area (Å²) in [4.78, 5) is 11.9. The fourth-order valence-electron chi connectivity index (χ4n) is 2.61. The number of rotatable bonds is 5. The smallest absolute Gasteiger partial charge is 0.237 e. The van der Waals surface area contributed by atoms with Gasteiger partial charge in [0, 0.05) is 25.5 Å². The van der Waals surface area contributed by atoms with Crippen molar-refractivity contribution in [3.63, 3.8) is 0 Å². The Balaban J connectivity index is 1.46. The van der Waals surface area contributed by atoms with Crippen LogP contribution in [-0.4, -0.2) is 46.0 Å². The molecule has 1 aromatic carbocycles. The van der Waals surface area contributed by atoms with Crippen molar-refractivity contribution < 1.29 is 9.90 Å². The lowest BCUT2D eigenvalue weighted by Crippen LogP contribution is -2.41. The normalized spacial score (nSPS) is 21.0. The van der Waals surface area contributed by atoms with Crippen LogP contribution in [0.3, 0.4) is 0 Å². The number of carbonyl (C=O) groups is 1. The van der Waals surface area contributed by atoms with Crippen LogP contribution in [0, 0.1) is 0 Å². The van der Waals surface area contributed by atoms with Crippen molar-refractivity contribution in [2.45, 2.75) is 25.0 Å². The fourth-order valence-corrected chi connectivity index (χ4v) is 2.61. The fraction of sp³-hybridized carbons (Fsp3) is 0.375. The third-order valence-corrected chi connectivity index (χ3v) is 3.84. The molecule has 1 fully saturated rings. The van der Waals surface area contributed by atoms with E-state index in [2.05, 4.69) is 15.7 Å². The summed E-state index contributed by atoms with van der Waals surface area (Å²) in [7, 11) is 0. The van der Waals surface area contributed by atoms with Gasteiger partial charge in [0.25, 0.3) is 0 Å². The SMILES string of the molecule is O=C(NCCc1ccc(-n2cccn2)cc1)[C@@H]1C[C@H](O)CN1. The van der Waals surface area contributed by atoms with Crippen molar-refractivity contribution in [3.8, 4) is 5.69 Å². The first-order valence-electron chi connectivity index (χ1n) is 7.50. The molecule has 3 rings (SSSR count). The number of carbonyl (C=O) groups excluding carboxylic acids is 1. The van der Waals surface area contributed by atoms with Gasteiger partial charge in [-0.05, 0) is 36.6 Å². The highest BCUT2D eigenvalue weighted by Crippen LogP contribution is 2.09. The molecule has 22 heavy (non-hydrogen) atoms. The number of aliphatic hydroxyl groups excluding tert-OH is 1. The predicted molar refractivity (Wildman–Crippen MR) is 82.7 cm³/mol. The molecule has 0 spiro atoms. The van der Waals surface area contributed by atoms with Crippen LogP contribution in [0.15, 0.2) is 42.7 Å². The molecule has 2 aromatic rings. The lowest BCUT2D eigenvalue weighted by atomic mass is 10.1. The van der Waals surface area contributed by atoms with Crippen molar-refractivity contribution in [1.82, 2.24) is 20.4 Å². The van der Waals surface area contributed by atoms with Crippen LogP contribution in [0.5, 0.6) is 0 Å². The average molecular weight is 300 g/mol.